The zero-order valence-corrected chi connectivity index (χ0v) is 21.9. The van der Waals surface area contributed by atoms with Crippen LogP contribution in [0.4, 0.5) is 0 Å². The summed E-state index contributed by atoms with van der Waals surface area (Å²) in [5, 5.41) is 8.96. The molecule has 9 nitrogen and oxygen atoms in total. The third kappa shape index (κ3) is 5.04. The van der Waals surface area contributed by atoms with Crippen LogP contribution in [0.1, 0.15) is 51.5 Å². The lowest BCUT2D eigenvalue weighted by Crippen LogP contribution is -2.38. The molecule has 1 aromatic carbocycles. The van der Waals surface area contributed by atoms with Crippen LogP contribution in [0.15, 0.2) is 34.1 Å². The molecule has 0 amide bonds. The molecule has 0 unspecified atom stereocenters. The molecular formula is C26H33N5O4S. The lowest BCUT2D eigenvalue weighted by Gasteiger charge is -2.30. The van der Waals surface area contributed by atoms with Gasteiger partial charge in [0.15, 0.2) is 0 Å². The minimum absolute atomic E-state index is 0.129. The minimum atomic E-state index is -3.76. The zero-order chi connectivity index (χ0) is 25.9. The largest absolute Gasteiger partial charge is 0.493 e. The molecule has 3 heterocycles. The number of H-pyrrole nitrogens is 1. The number of aromatic nitrogens is 3. The lowest BCUT2D eigenvalue weighted by molar-refractivity contribution is 0.276. The molecule has 1 saturated heterocycles. The number of hydrogen-bond donors (Lipinski definition) is 1. The Bertz CT molecular complexity index is 1440. The van der Waals surface area contributed by atoms with Gasteiger partial charge in [0, 0.05) is 32.8 Å². The number of sulfonamides is 1. The molecule has 0 aliphatic carbocycles. The summed E-state index contributed by atoms with van der Waals surface area (Å²) in [7, 11) is -1.94. The van der Waals surface area contributed by atoms with Crippen LogP contribution in [-0.4, -0.2) is 47.0 Å². The number of nitrogens with one attached hydrogen (secondary N) is 1. The fourth-order valence-electron chi connectivity index (χ4n) is 4.78. The summed E-state index contributed by atoms with van der Waals surface area (Å²) in [5.74, 6) is 0.983. The van der Waals surface area contributed by atoms with Crippen LogP contribution in [0.3, 0.4) is 0 Å². The van der Waals surface area contributed by atoms with E-state index in [9.17, 15) is 13.2 Å². The van der Waals surface area contributed by atoms with Crippen LogP contribution >= 0.6 is 0 Å². The van der Waals surface area contributed by atoms with Gasteiger partial charge in [-0.2, -0.15) is 9.57 Å². The van der Waals surface area contributed by atoms with E-state index in [1.54, 1.807) is 22.8 Å². The predicted octanol–water partition coefficient (Wildman–Crippen LogP) is 3.98. The Labute approximate surface area is 211 Å². The second-order valence-corrected chi connectivity index (χ2v) is 11.3. The third-order valence-electron chi connectivity index (χ3n) is 6.68. The summed E-state index contributed by atoms with van der Waals surface area (Å²) in [5.41, 5.74) is 2.24. The number of aromatic amines is 1. The summed E-state index contributed by atoms with van der Waals surface area (Å²) < 4.78 is 36.2. The number of nitrogens with zero attached hydrogens (tertiary/aromatic N) is 4. The average molecular weight is 512 g/mol. The van der Waals surface area contributed by atoms with Crippen molar-refractivity contribution in [3.05, 3.63) is 40.3 Å². The second kappa shape index (κ2) is 10.8. The molecule has 2 aromatic heterocycles. The van der Waals surface area contributed by atoms with E-state index < -0.39 is 10.0 Å². The number of benzene rings is 1. The lowest BCUT2D eigenvalue weighted by atomic mass is 9.95. The molecule has 10 heteroatoms. The fourth-order valence-corrected chi connectivity index (χ4v) is 6.28. The van der Waals surface area contributed by atoms with E-state index in [-0.39, 0.29) is 22.2 Å². The SMILES string of the molecule is CCCOc1ccc(S(=O)(=O)N2CCC(CC#N)CC2)cc1-c1nc2c(CCC)cn(C)c2c(=O)[nH]1. The molecule has 1 aliphatic heterocycles. The van der Waals surface area contributed by atoms with Crippen molar-refractivity contribution in [2.24, 2.45) is 13.0 Å². The van der Waals surface area contributed by atoms with Gasteiger partial charge in [-0.05, 0) is 55.4 Å². The molecule has 0 radical (unpaired) electrons. The van der Waals surface area contributed by atoms with Crippen molar-refractivity contribution in [1.29, 1.82) is 5.26 Å². The highest BCUT2D eigenvalue weighted by Crippen LogP contribution is 2.33. The van der Waals surface area contributed by atoms with Crippen molar-refractivity contribution in [2.45, 2.75) is 57.3 Å². The first-order valence-corrected chi connectivity index (χ1v) is 14.0. The van der Waals surface area contributed by atoms with E-state index in [4.69, 9.17) is 15.0 Å². The van der Waals surface area contributed by atoms with E-state index in [2.05, 4.69) is 18.0 Å². The Morgan fingerprint density at radius 3 is 2.64 bits per heavy atom. The van der Waals surface area contributed by atoms with Crippen LogP contribution in [-0.2, 0) is 23.5 Å². The van der Waals surface area contributed by atoms with Gasteiger partial charge in [-0.3, -0.25) is 4.79 Å². The maximum atomic E-state index is 13.5. The van der Waals surface area contributed by atoms with Crippen molar-refractivity contribution in [3.8, 4) is 23.2 Å². The van der Waals surface area contributed by atoms with Crippen LogP contribution in [0.2, 0.25) is 0 Å². The molecule has 3 aromatic rings. The summed E-state index contributed by atoms with van der Waals surface area (Å²) in [4.78, 5) is 20.8. The van der Waals surface area contributed by atoms with Gasteiger partial charge < -0.3 is 14.3 Å². The normalized spacial score (nSPS) is 15.3. The van der Waals surface area contributed by atoms with Crippen molar-refractivity contribution < 1.29 is 13.2 Å². The first-order chi connectivity index (χ1) is 17.3. The van der Waals surface area contributed by atoms with Gasteiger partial charge >= 0.3 is 0 Å². The number of hydrogen-bond acceptors (Lipinski definition) is 6. The highest BCUT2D eigenvalue weighted by Gasteiger charge is 2.30. The monoisotopic (exact) mass is 511 g/mol. The molecule has 36 heavy (non-hydrogen) atoms. The second-order valence-electron chi connectivity index (χ2n) is 9.34. The van der Waals surface area contributed by atoms with Gasteiger partial charge in [0.1, 0.15) is 17.1 Å². The van der Waals surface area contributed by atoms with Crippen molar-refractivity contribution in [2.75, 3.05) is 19.7 Å². The summed E-state index contributed by atoms with van der Waals surface area (Å²) >= 11 is 0. The molecule has 0 saturated carbocycles. The number of rotatable bonds is 9. The quantitative estimate of drug-likeness (QED) is 0.464. The van der Waals surface area contributed by atoms with Crippen LogP contribution in [0.25, 0.3) is 22.4 Å². The van der Waals surface area contributed by atoms with Crippen molar-refractivity contribution in [1.82, 2.24) is 18.8 Å². The molecule has 1 N–H and O–H groups in total. The van der Waals surface area contributed by atoms with E-state index in [0.29, 0.717) is 61.3 Å². The van der Waals surface area contributed by atoms with E-state index in [1.165, 1.54) is 4.31 Å². The number of aryl methyl sites for hydroxylation is 2. The van der Waals surface area contributed by atoms with Crippen molar-refractivity contribution in [3.63, 3.8) is 0 Å². The molecule has 1 fully saturated rings. The molecule has 0 bridgehead atoms. The standard InChI is InChI=1S/C26H33N5O4S/c1-4-6-19-17-30(3)24-23(19)28-25(29-26(24)32)21-16-20(7-8-22(21)35-15-5-2)36(33,34)31-13-10-18(9-12-27)11-14-31/h7-8,16-18H,4-6,9-11,13-15H2,1-3H3,(H,28,29,32). The highest BCUT2D eigenvalue weighted by molar-refractivity contribution is 7.89. The summed E-state index contributed by atoms with van der Waals surface area (Å²) in [6, 6.07) is 6.92. The van der Waals surface area contributed by atoms with E-state index in [1.807, 2.05) is 20.2 Å². The molecule has 0 atom stereocenters. The predicted molar refractivity (Wildman–Crippen MR) is 138 cm³/mol. The van der Waals surface area contributed by atoms with Gasteiger partial charge in [-0.25, -0.2) is 13.4 Å². The van der Waals surface area contributed by atoms with Crippen LogP contribution in [0, 0.1) is 17.2 Å². The fraction of sp³-hybridized carbons (Fsp3) is 0.500. The number of fused-ring (bicyclic) bond motifs is 1. The smallest absolute Gasteiger partial charge is 0.275 e. The Morgan fingerprint density at radius 1 is 1.22 bits per heavy atom. The molecule has 1 aliphatic rings. The Hall–Kier alpha value is -3.16. The van der Waals surface area contributed by atoms with Gasteiger partial charge in [0.25, 0.3) is 5.56 Å². The summed E-state index contributed by atoms with van der Waals surface area (Å²) in [6.07, 6.45) is 6.16. The van der Waals surface area contributed by atoms with Gasteiger partial charge in [-0.1, -0.05) is 20.3 Å². The number of ether oxygens (including phenoxy) is 1. The molecular weight excluding hydrogens is 478 g/mol. The van der Waals surface area contributed by atoms with Gasteiger partial charge in [0.05, 0.1) is 28.7 Å². The van der Waals surface area contributed by atoms with Gasteiger partial charge in [-0.15, -0.1) is 0 Å². The molecule has 192 valence electrons. The van der Waals surface area contributed by atoms with Crippen LogP contribution in [0.5, 0.6) is 5.75 Å². The molecule has 0 spiro atoms. The first kappa shape index (κ1) is 25.9. The first-order valence-electron chi connectivity index (χ1n) is 12.5. The van der Waals surface area contributed by atoms with Crippen LogP contribution < -0.4 is 10.3 Å². The minimum Gasteiger partial charge on any atom is -0.493 e. The Morgan fingerprint density at radius 2 is 1.97 bits per heavy atom. The van der Waals surface area contributed by atoms with E-state index in [0.717, 1.165) is 24.8 Å². The zero-order valence-electron chi connectivity index (χ0n) is 21.1. The Balaban J connectivity index is 1.79. The molecule has 4 rings (SSSR count). The topological polar surface area (TPSA) is 121 Å². The van der Waals surface area contributed by atoms with Crippen molar-refractivity contribution >= 4 is 21.1 Å². The summed E-state index contributed by atoms with van der Waals surface area (Å²) in [6.45, 7) is 5.26. The highest BCUT2D eigenvalue weighted by atomic mass is 32.2. The van der Waals surface area contributed by atoms with Gasteiger partial charge in [0.2, 0.25) is 10.0 Å². The Kier molecular flexibility index (Phi) is 7.81. The third-order valence-corrected chi connectivity index (χ3v) is 8.57. The maximum absolute atomic E-state index is 13.5. The number of piperidine rings is 1. The van der Waals surface area contributed by atoms with E-state index >= 15 is 0 Å². The average Bonchev–Trinajstić information content (AvgIpc) is 3.18. The maximum Gasteiger partial charge on any atom is 0.275 e. The number of nitriles is 1.